The van der Waals surface area contributed by atoms with Gasteiger partial charge >= 0.3 is 11.9 Å². The van der Waals surface area contributed by atoms with E-state index in [1.807, 2.05) is 0 Å². The number of furan rings is 1. The van der Waals surface area contributed by atoms with E-state index < -0.39 is 30.3 Å². The van der Waals surface area contributed by atoms with Crippen LogP contribution in [0.1, 0.15) is 29.1 Å². The first kappa shape index (κ1) is 21.3. The number of carbonyl (C=O) groups is 2. The van der Waals surface area contributed by atoms with Crippen molar-refractivity contribution in [2.45, 2.75) is 25.2 Å². The summed E-state index contributed by atoms with van der Waals surface area (Å²) in [5, 5.41) is 20.4. The van der Waals surface area contributed by atoms with Gasteiger partial charge in [0.1, 0.15) is 11.9 Å². The van der Waals surface area contributed by atoms with Crippen molar-refractivity contribution in [3.05, 3.63) is 47.9 Å². The summed E-state index contributed by atoms with van der Waals surface area (Å²) >= 11 is 0. The van der Waals surface area contributed by atoms with Gasteiger partial charge in [0.05, 0.1) is 32.7 Å². The third-order valence-corrected chi connectivity index (χ3v) is 3.84. The highest BCUT2D eigenvalue weighted by atomic mass is 16.6. The van der Waals surface area contributed by atoms with Gasteiger partial charge in [-0.05, 0) is 37.3 Å². The van der Waals surface area contributed by atoms with Crippen LogP contribution in [0.3, 0.4) is 0 Å². The predicted octanol–water partition coefficient (Wildman–Crippen LogP) is 1.48. The fourth-order valence-electron chi connectivity index (χ4n) is 2.43. The number of benzene rings is 1. The Morgan fingerprint density at radius 2 is 1.82 bits per heavy atom. The molecule has 0 fully saturated rings. The van der Waals surface area contributed by atoms with E-state index in [1.165, 1.54) is 50.8 Å². The number of carbonyl (C=O) groups excluding carboxylic acids is 2. The minimum Gasteiger partial charge on any atom is -0.493 e. The van der Waals surface area contributed by atoms with Crippen molar-refractivity contribution in [1.29, 1.82) is 0 Å². The Morgan fingerprint density at radius 3 is 2.39 bits per heavy atom. The summed E-state index contributed by atoms with van der Waals surface area (Å²) in [6, 6.07) is 7.30. The fraction of sp³-hybridized carbons (Fsp3) is 0.368. The Balaban J connectivity index is 2.26. The van der Waals surface area contributed by atoms with E-state index in [4.69, 9.17) is 18.6 Å². The van der Waals surface area contributed by atoms with Crippen LogP contribution in [0.5, 0.6) is 11.5 Å². The third-order valence-electron chi connectivity index (χ3n) is 3.84. The van der Waals surface area contributed by atoms with Crippen LogP contribution in [0.2, 0.25) is 0 Å². The van der Waals surface area contributed by atoms with Crippen molar-refractivity contribution in [3.8, 4) is 11.5 Å². The first-order valence-corrected chi connectivity index (χ1v) is 8.42. The monoisotopic (exact) mass is 394 g/mol. The average molecular weight is 394 g/mol. The molecular formula is C19H22O9. The second kappa shape index (κ2) is 9.77. The van der Waals surface area contributed by atoms with Crippen molar-refractivity contribution in [2.75, 3.05) is 20.8 Å². The first-order valence-electron chi connectivity index (χ1n) is 8.42. The molecule has 2 rings (SSSR count). The van der Waals surface area contributed by atoms with Gasteiger partial charge in [0.2, 0.25) is 0 Å². The Labute approximate surface area is 161 Å². The van der Waals surface area contributed by atoms with Crippen LogP contribution >= 0.6 is 0 Å². The maximum Gasteiger partial charge on any atom is 0.339 e. The molecule has 0 aliphatic carbocycles. The zero-order valence-electron chi connectivity index (χ0n) is 15.7. The van der Waals surface area contributed by atoms with Gasteiger partial charge in [-0.1, -0.05) is 0 Å². The number of esters is 2. The number of ether oxygens (including phenoxy) is 4. The molecular weight excluding hydrogens is 372 g/mol. The van der Waals surface area contributed by atoms with Gasteiger partial charge in [-0.25, -0.2) is 9.59 Å². The molecule has 9 heteroatoms. The molecule has 0 radical (unpaired) electrons. The molecule has 3 atom stereocenters. The maximum atomic E-state index is 12.6. The van der Waals surface area contributed by atoms with Crippen LogP contribution in [0.4, 0.5) is 0 Å². The minimum atomic E-state index is -1.94. The van der Waals surface area contributed by atoms with Crippen molar-refractivity contribution in [1.82, 2.24) is 0 Å². The van der Waals surface area contributed by atoms with E-state index in [1.54, 1.807) is 6.92 Å². The number of methoxy groups -OCH3 is 2. The molecule has 28 heavy (non-hydrogen) atoms. The second-order valence-corrected chi connectivity index (χ2v) is 5.60. The van der Waals surface area contributed by atoms with Gasteiger partial charge in [0.15, 0.2) is 23.7 Å². The van der Waals surface area contributed by atoms with Crippen molar-refractivity contribution >= 4 is 11.9 Å². The Bertz CT molecular complexity index is 785. The summed E-state index contributed by atoms with van der Waals surface area (Å²) in [5.41, 5.74) is 0.104. The Kier molecular flexibility index (Phi) is 7.42. The van der Waals surface area contributed by atoms with Crippen molar-refractivity contribution in [2.24, 2.45) is 0 Å². The largest absolute Gasteiger partial charge is 0.493 e. The summed E-state index contributed by atoms with van der Waals surface area (Å²) in [6.07, 6.45) is -3.90. The SMILES string of the molecule is CCOC(=O)[C@@H](O)[C@@H](O)[C@@H](OC(=O)c1ccc(OC)c(OC)c1)c1ccco1. The number of aliphatic hydroxyl groups is 2. The van der Waals surface area contributed by atoms with Gasteiger partial charge in [0, 0.05) is 0 Å². The van der Waals surface area contributed by atoms with E-state index >= 15 is 0 Å². The molecule has 1 aromatic carbocycles. The molecule has 0 aliphatic heterocycles. The molecule has 2 N–H and O–H groups in total. The van der Waals surface area contributed by atoms with E-state index in [9.17, 15) is 19.8 Å². The van der Waals surface area contributed by atoms with Gasteiger partial charge < -0.3 is 33.6 Å². The van der Waals surface area contributed by atoms with Gasteiger partial charge in [-0.15, -0.1) is 0 Å². The fourth-order valence-corrected chi connectivity index (χ4v) is 2.43. The Hall–Kier alpha value is -3.04. The zero-order chi connectivity index (χ0) is 20.7. The predicted molar refractivity (Wildman–Crippen MR) is 95.1 cm³/mol. The van der Waals surface area contributed by atoms with E-state index in [0.717, 1.165) is 0 Å². The standard InChI is InChI=1S/C19H22O9/c1-4-26-19(23)16(21)15(20)17(13-6-5-9-27-13)28-18(22)11-7-8-12(24-2)14(10-11)25-3/h5-10,15-17,20-21H,4H2,1-3H3/t15-,16+,17+/m1/s1. The zero-order valence-corrected chi connectivity index (χ0v) is 15.7. The lowest BCUT2D eigenvalue weighted by molar-refractivity contribution is -0.165. The highest BCUT2D eigenvalue weighted by Crippen LogP contribution is 2.30. The van der Waals surface area contributed by atoms with E-state index in [2.05, 4.69) is 4.74 Å². The molecule has 1 heterocycles. The van der Waals surface area contributed by atoms with Gasteiger partial charge in [0.25, 0.3) is 0 Å². The lowest BCUT2D eigenvalue weighted by Gasteiger charge is -2.24. The molecule has 0 saturated heterocycles. The van der Waals surface area contributed by atoms with Crippen LogP contribution in [0, 0.1) is 0 Å². The van der Waals surface area contributed by atoms with Crippen molar-refractivity contribution in [3.63, 3.8) is 0 Å². The van der Waals surface area contributed by atoms with Gasteiger partial charge in [-0.2, -0.15) is 0 Å². The summed E-state index contributed by atoms with van der Waals surface area (Å²) in [4.78, 5) is 24.3. The van der Waals surface area contributed by atoms with Crippen molar-refractivity contribution < 1.29 is 43.2 Å². The quantitative estimate of drug-likeness (QED) is 0.608. The molecule has 1 aromatic heterocycles. The molecule has 2 aromatic rings. The maximum absolute atomic E-state index is 12.6. The number of hydrogen-bond donors (Lipinski definition) is 2. The summed E-state index contributed by atoms with van der Waals surface area (Å²) in [5.74, 6) is -1.12. The summed E-state index contributed by atoms with van der Waals surface area (Å²) in [6.45, 7) is 1.57. The van der Waals surface area contributed by atoms with Crippen LogP contribution in [-0.4, -0.2) is 55.2 Å². The molecule has 0 saturated carbocycles. The summed E-state index contributed by atoms with van der Waals surface area (Å²) in [7, 11) is 2.87. The summed E-state index contributed by atoms with van der Waals surface area (Å²) < 4.78 is 25.4. The number of hydrogen-bond acceptors (Lipinski definition) is 9. The van der Waals surface area contributed by atoms with Crippen LogP contribution < -0.4 is 9.47 Å². The molecule has 0 bridgehead atoms. The lowest BCUT2D eigenvalue weighted by atomic mass is 10.1. The lowest BCUT2D eigenvalue weighted by Crippen LogP contribution is -2.40. The number of aliphatic hydroxyl groups excluding tert-OH is 2. The van der Waals surface area contributed by atoms with Gasteiger partial charge in [-0.3, -0.25) is 0 Å². The average Bonchev–Trinajstić information content (AvgIpc) is 3.24. The Morgan fingerprint density at radius 1 is 1.11 bits per heavy atom. The second-order valence-electron chi connectivity index (χ2n) is 5.60. The normalized spacial score (nSPS) is 13.9. The van der Waals surface area contributed by atoms with Crippen LogP contribution in [0.25, 0.3) is 0 Å². The number of rotatable bonds is 9. The topological polar surface area (TPSA) is 125 Å². The molecule has 152 valence electrons. The van der Waals surface area contributed by atoms with E-state index in [-0.39, 0.29) is 17.9 Å². The molecule has 0 aliphatic rings. The molecule has 0 amide bonds. The van der Waals surface area contributed by atoms with Crippen LogP contribution in [0.15, 0.2) is 41.0 Å². The smallest absolute Gasteiger partial charge is 0.339 e. The van der Waals surface area contributed by atoms with Crippen LogP contribution in [-0.2, 0) is 14.3 Å². The molecule has 9 nitrogen and oxygen atoms in total. The van der Waals surface area contributed by atoms with E-state index in [0.29, 0.717) is 11.5 Å². The molecule has 0 unspecified atom stereocenters. The molecule has 0 spiro atoms. The third kappa shape index (κ3) is 4.81. The first-order chi connectivity index (χ1) is 13.4. The minimum absolute atomic E-state index is 0.0134. The highest BCUT2D eigenvalue weighted by molar-refractivity contribution is 5.90. The highest BCUT2D eigenvalue weighted by Gasteiger charge is 2.37.